The number of fused-ring (bicyclic) bond motifs is 1. The Bertz CT molecular complexity index is 365. The van der Waals surface area contributed by atoms with E-state index in [4.69, 9.17) is 4.74 Å². The van der Waals surface area contributed by atoms with Gasteiger partial charge < -0.3 is 10.1 Å². The van der Waals surface area contributed by atoms with Crippen molar-refractivity contribution >= 4 is 0 Å². The number of aryl methyl sites for hydroxylation is 1. The molecule has 0 radical (unpaired) electrons. The molecule has 1 aromatic heterocycles. The summed E-state index contributed by atoms with van der Waals surface area (Å²) in [5.41, 5.74) is 2.61. The van der Waals surface area contributed by atoms with Crippen LogP contribution in [-0.4, -0.2) is 24.7 Å². The Morgan fingerprint density at radius 2 is 2.47 bits per heavy atom. The van der Waals surface area contributed by atoms with E-state index in [9.17, 15) is 0 Å². The summed E-state index contributed by atoms with van der Waals surface area (Å²) in [7, 11) is 0. The highest BCUT2D eigenvalue weighted by molar-refractivity contribution is 5.27. The van der Waals surface area contributed by atoms with Crippen LogP contribution >= 0.6 is 0 Å². The summed E-state index contributed by atoms with van der Waals surface area (Å²) in [5.74, 6) is 0. The van der Waals surface area contributed by atoms with E-state index in [2.05, 4.69) is 22.9 Å². The number of nitrogens with one attached hydrogen (secondary N) is 1. The summed E-state index contributed by atoms with van der Waals surface area (Å²) in [4.78, 5) is 4.45. The fourth-order valence-electron chi connectivity index (χ4n) is 2.19. The fourth-order valence-corrected chi connectivity index (χ4v) is 2.19. The molecule has 1 unspecified atom stereocenters. The van der Waals surface area contributed by atoms with Gasteiger partial charge in [0, 0.05) is 12.7 Å². The van der Waals surface area contributed by atoms with Crippen LogP contribution in [0.25, 0.3) is 0 Å². The van der Waals surface area contributed by atoms with E-state index in [0.29, 0.717) is 6.04 Å². The lowest BCUT2D eigenvalue weighted by atomic mass is 10.2. The number of aromatic nitrogens is 1. The van der Waals surface area contributed by atoms with E-state index in [0.717, 1.165) is 39.0 Å². The Morgan fingerprint density at radius 1 is 1.53 bits per heavy atom. The Hall–Kier alpha value is -1.19. The maximum Gasteiger partial charge on any atom is 0.0605 e. The third-order valence-corrected chi connectivity index (χ3v) is 3.06. The minimum atomic E-state index is 0.411. The van der Waals surface area contributed by atoms with E-state index in [1.165, 1.54) is 11.3 Å². The van der Waals surface area contributed by atoms with Crippen LogP contribution in [0.15, 0.2) is 31.0 Å². The van der Waals surface area contributed by atoms with E-state index < -0.39 is 0 Å². The molecule has 1 heterocycles. The van der Waals surface area contributed by atoms with Crippen LogP contribution in [0, 0.1) is 0 Å². The second-order valence-electron chi connectivity index (χ2n) is 4.28. The normalized spacial score (nSPS) is 18.0. The van der Waals surface area contributed by atoms with Crippen LogP contribution in [0.2, 0.25) is 0 Å². The highest BCUT2D eigenvalue weighted by atomic mass is 16.5. The van der Waals surface area contributed by atoms with Gasteiger partial charge in [-0.2, -0.15) is 0 Å². The van der Waals surface area contributed by atoms with Gasteiger partial charge in [0.05, 0.1) is 24.9 Å². The lowest BCUT2D eigenvalue weighted by molar-refractivity contribution is 0.138. The molecule has 3 heteroatoms. The number of nitrogens with zero attached hydrogens (tertiary/aromatic N) is 1. The van der Waals surface area contributed by atoms with Crippen molar-refractivity contribution in [3.63, 3.8) is 0 Å². The van der Waals surface area contributed by atoms with Crippen molar-refractivity contribution in [2.24, 2.45) is 0 Å². The SMILES string of the molecule is C=CCCOCCNC1CCc2cccnc21. The van der Waals surface area contributed by atoms with Crippen LogP contribution in [0.1, 0.15) is 30.1 Å². The Kier molecular flexibility index (Phi) is 4.71. The predicted molar refractivity (Wildman–Crippen MR) is 68.9 cm³/mol. The maximum atomic E-state index is 5.47. The molecule has 0 bridgehead atoms. The molecule has 3 nitrogen and oxygen atoms in total. The Labute approximate surface area is 103 Å². The first-order valence-electron chi connectivity index (χ1n) is 6.27. The van der Waals surface area contributed by atoms with Crippen LogP contribution < -0.4 is 5.32 Å². The Balaban J connectivity index is 1.69. The van der Waals surface area contributed by atoms with Gasteiger partial charge in [-0.3, -0.25) is 4.98 Å². The van der Waals surface area contributed by atoms with Crippen LogP contribution in [0.4, 0.5) is 0 Å². The standard InChI is InChI=1S/C14H20N2O/c1-2-3-10-17-11-9-15-13-7-6-12-5-4-8-16-14(12)13/h2,4-5,8,13,15H,1,3,6-7,9-11H2. The minimum absolute atomic E-state index is 0.411. The maximum absolute atomic E-state index is 5.47. The van der Waals surface area contributed by atoms with Crippen LogP contribution in [0.5, 0.6) is 0 Å². The lowest BCUT2D eigenvalue weighted by Crippen LogP contribution is -2.24. The zero-order chi connectivity index (χ0) is 11.9. The molecule has 0 saturated carbocycles. The molecule has 0 amide bonds. The molecule has 0 spiro atoms. The summed E-state index contributed by atoms with van der Waals surface area (Å²) in [5, 5.41) is 3.50. The van der Waals surface area contributed by atoms with Crippen molar-refractivity contribution in [1.29, 1.82) is 0 Å². The second kappa shape index (κ2) is 6.52. The van der Waals surface area contributed by atoms with Crippen molar-refractivity contribution in [2.75, 3.05) is 19.8 Å². The second-order valence-corrected chi connectivity index (χ2v) is 4.28. The molecule has 1 aliphatic rings. The number of hydrogen-bond donors (Lipinski definition) is 1. The van der Waals surface area contributed by atoms with Gasteiger partial charge in [0.2, 0.25) is 0 Å². The molecule has 1 N–H and O–H groups in total. The van der Waals surface area contributed by atoms with Crippen LogP contribution in [-0.2, 0) is 11.2 Å². The lowest BCUT2D eigenvalue weighted by Gasteiger charge is -2.12. The number of ether oxygens (including phenoxy) is 1. The van der Waals surface area contributed by atoms with Gasteiger partial charge in [0.25, 0.3) is 0 Å². The van der Waals surface area contributed by atoms with Crippen molar-refractivity contribution in [3.8, 4) is 0 Å². The van der Waals surface area contributed by atoms with E-state index >= 15 is 0 Å². The van der Waals surface area contributed by atoms with E-state index in [1.807, 2.05) is 18.3 Å². The van der Waals surface area contributed by atoms with Gasteiger partial charge in [0.15, 0.2) is 0 Å². The minimum Gasteiger partial charge on any atom is -0.380 e. The molecule has 0 saturated heterocycles. The number of hydrogen-bond acceptors (Lipinski definition) is 3. The summed E-state index contributed by atoms with van der Waals surface area (Å²) < 4.78 is 5.47. The van der Waals surface area contributed by atoms with Crippen molar-refractivity contribution in [1.82, 2.24) is 10.3 Å². The fraction of sp³-hybridized carbons (Fsp3) is 0.500. The van der Waals surface area contributed by atoms with Crippen LogP contribution in [0.3, 0.4) is 0 Å². The van der Waals surface area contributed by atoms with E-state index in [1.54, 1.807) is 0 Å². The molecule has 92 valence electrons. The summed E-state index contributed by atoms with van der Waals surface area (Å²) in [6.07, 6.45) is 6.97. The zero-order valence-electron chi connectivity index (χ0n) is 10.2. The predicted octanol–water partition coefficient (Wildman–Crippen LogP) is 2.25. The van der Waals surface area contributed by atoms with Crippen molar-refractivity contribution < 1.29 is 4.74 Å². The van der Waals surface area contributed by atoms with Gasteiger partial charge in [-0.1, -0.05) is 12.1 Å². The Morgan fingerprint density at radius 3 is 3.35 bits per heavy atom. The molecule has 0 aliphatic heterocycles. The molecule has 0 aromatic carbocycles. The van der Waals surface area contributed by atoms with Gasteiger partial charge in [0.1, 0.15) is 0 Å². The molecule has 1 aliphatic carbocycles. The third-order valence-electron chi connectivity index (χ3n) is 3.06. The molecule has 1 atom stereocenters. The van der Waals surface area contributed by atoms with Gasteiger partial charge >= 0.3 is 0 Å². The summed E-state index contributed by atoms with van der Waals surface area (Å²) >= 11 is 0. The molecular weight excluding hydrogens is 212 g/mol. The molecule has 2 rings (SSSR count). The molecule has 0 fully saturated rings. The number of pyridine rings is 1. The quantitative estimate of drug-likeness (QED) is 0.578. The topological polar surface area (TPSA) is 34.1 Å². The van der Waals surface area contributed by atoms with Gasteiger partial charge in [-0.05, 0) is 30.9 Å². The first kappa shape index (κ1) is 12.3. The van der Waals surface area contributed by atoms with Crippen molar-refractivity contribution in [2.45, 2.75) is 25.3 Å². The monoisotopic (exact) mass is 232 g/mol. The van der Waals surface area contributed by atoms with E-state index in [-0.39, 0.29) is 0 Å². The zero-order valence-corrected chi connectivity index (χ0v) is 10.2. The van der Waals surface area contributed by atoms with Crippen molar-refractivity contribution in [3.05, 3.63) is 42.2 Å². The summed E-state index contributed by atoms with van der Waals surface area (Å²) in [6.45, 7) is 6.07. The first-order valence-corrected chi connectivity index (χ1v) is 6.27. The molecule has 1 aromatic rings. The smallest absolute Gasteiger partial charge is 0.0605 e. The van der Waals surface area contributed by atoms with Gasteiger partial charge in [-0.15, -0.1) is 6.58 Å². The third kappa shape index (κ3) is 3.38. The molecular formula is C14H20N2O. The first-order chi connectivity index (χ1) is 8.42. The average molecular weight is 232 g/mol. The summed E-state index contributed by atoms with van der Waals surface area (Å²) in [6, 6.07) is 4.60. The highest BCUT2D eigenvalue weighted by Crippen LogP contribution is 2.28. The molecule has 17 heavy (non-hydrogen) atoms. The largest absolute Gasteiger partial charge is 0.380 e. The average Bonchev–Trinajstić information content (AvgIpc) is 2.77. The highest BCUT2D eigenvalue weighted by Gasteiger charge is 2.22. The van der Waals surface area contributed by atoms with Gasteiger partial charge in [-0.25, -0.2) is 0 Å². The number of rotatable bonds is 7.